The fourth-order valence-electron chi connectivity index (χ4n) is 6.19. The van der Waals surface area contributed by atoms with E-state index in [4.69, 9.17) is 4.42 Å². The number of benzene rings is 2. The Morgan fingerprint density at radius 1 is 1.02 bits per heavy atom. The maximum atomic E-state index is 14.0. The van der Waals surface area contributed by atoms with Crippen molar-refractivity contribution in [3.05, 3.63) is 59.9 Å². The molecule has 2 atom stereocenters. The van der Waals surface area contributed by atoms with Gasteiger partial charge in [-0.1, -0.05) is 43.2 Å². The van der Waals surface area contributed by atoms with E-state index in [0.29, 0.717) is 48.4 Å². The van der Waals surface area contributed by atoms with Crippen molar-refractivity contribution in [1.29, 1.82) is 5.26 Å². The smallest absolute Gasteiger partial charge is 0.417 e. The lowest BCUT2D eigenvalue weighted by Gasteiger charge is -2.32. The molecule has 3 aliphatic rings. The Bertz CT molecular complexity index is 1680. The molecule has 1 amide bonds. The van der Waals surface area contributed by atoms with Crippen LogP contribution in [-0.4, -0.2) is 49.4 Å². The third-order valence-electron chi connectivity index (χ3n) is 8.73. The molecule has 1 N–H and O–H groups in total. The molecule has 43 heavy (non-hydrogen) atoms. The van der Waals surface area contributed by atoms with Gasteiger partial charge in [0.1, 0.15) is 17.0 Å². The van der Waals surface area contributed by atoms with E-state index in [1.807, 2.05) is 17.0 Å². The highest BCUT2D eigenvalue weighted by molar-refractivity contribution is 7.91. The van der Waals surface area contributed by atoms with Crippen LogP contribution in [0.25, 0.3) is 22.7 Å². The normalized spacial score (nSPS) is 22.9. The highest BCUT2D eigenvalue weighted by Gasteiger charge is 2.47. The van der Waals surface area contributed by atoms with Gasteiger partial charge in [0, 0.05) is 41.7 Å². The molecule has 1 saturated heterocycles. The van der Waals surface area contributed by atoms with E-state index < -0.39 is 39.0 Å². The van der Waals surface area contributed by atoms with Crippen LogP contribution in [0.1, 0.15) is 55.8 Å². The summed E-state index contributed by atoms with van der Waals surface area (Å²) in [5.41, 5.74) is -0.324. The molecular formula is C31H31F3N4O4S. The molecule has 3 aromatic rings. The first kappa shape index (κ1) is 29.2. The average molecular weight is 613 g/mol. The molecule has 2 aromatic carbocycles. The number of hydrogen-bond acceptors (Lipinski definition) is 7. The number of aromatic nitrogens is 1. The van der Waals surface area contributed by atoms with Gasteiger partial charge >= 0.3 is 6.18 Å². The molecule has 226 valence electrons. The molecule has 12 heteroatoms. The molecule has 0 unspecified atom stereocenters. The zero-order chi connectivity index (χ0) is 30.4. The summed E-state index contributed by atoms with van der Waals surface area (Å²) in [5.74, 6) is -1.19. The van der Waals surface area contributed by atoms with Gasteiger partial charge in [-0.25, -0.2) is 13.4 Å². The molecular weight excluding hydrogens is 581 g/mol. The SMILES string of the molecule is N#CC1(NC(=O)[C@@H]2CCCC[C@H]2c2oc(-c3ccccc3C(F)(F)F)nc2-c2ccccc2N2CCS(=O)(=O)CC2)CC1. The summed E-state index contributed by atoms with van der Waals surface area (Å²) >= 11 is 0. The number of nitrogens with one attached hydrogen (secondary N) is 1. The molecule has 2 heterocycles. The number of hydrogen-bond donors (Lipinski definition) is 1. The van der Waals surface area contributed by atoms with E-state index in [9.17, 15) is 31.6 Å². The summed E-state index contributed by atoms with van der Waals surface area (Å²) in [4.78, 5) is 20.2. The summed E-state index contributed by atoms with van der Waals surface area (Å²) in [5, 5.41) is 12.5. The Morgan fingerprint density at radius 2 is 1.67 bits per heavy atom. The first-order valence-electron chi connectivity index (χ1n) is 14.5. The van der Waals surface area contributed by atoms with Crippen LogP contribution in [0.5, 0.6) is 0 Å². The predicted molar refractivity (Wildman–Crippen MR) is 154 cm³/mol. The third kappa shape index (κ3) is 5.87. The Kier molecular flexibility index (Phi) is 7.49. The second-order valence-corrected chi connectivity index (χ2v) is 13.9. The van der Waals surface area contributed by atoms with Crippen molar-refractivity contribution < 1.29 is 30.8 Å². The van der Waals surface area contributed by atoms with Crippen molar-refractivity contribution >= 4 is 21.4 Å². The van der Waals surface area contributed by atoms with Gasteiger partial charge in [0.15, 0.2) is 9.84 Å². The number of anilines is 1. The lowest BCUT2D eigenvalue weighted by atomic mass is 9.76. The number of nitrogens with zero attached hydrogens (tertiary/aromatic N) is 3. The van der Waals surface area contributed by atoms with Gasteiger partial charge in [0.05, 0.1) is 23.1 Å². The molecule has 0 spiro atoms. The van der Waals surface area contributed by atoms with Crippen LogP contribution in [0, 0.1) is 17.2 Å². The first-order valence-corrected chi connectivity index (χ1v) is 16.3. The fraction of sp³-hybridized carbons (Fsp3) is 0.452. The Balaban J connectivity index is 1.48. The van der Waals surface area contributed by atoms with Crippen molar-refractivity contribution in [2.24, 2.45) is 5.92 Å². The summed E-state index contributed by atoms with van der Waals surface area (Å²) < 4.78 is 72.7. The van der Waals surface area contributed by atoms with Crippen molar-refractivity contribution in [1.82, 2.24) is 10.3 Å². The Labute approximate surface area is 247 Å². The molecule has 2 saturated carbocycles. The van der Waals surface area contributed by atoms with Crippen LogP contribution in [-0.2, 0) is 20.8 Å². The number of halogens is 3. The van der Waals surface area contributed by atoms with Gasteiger partial charge in [0.25, 0.3) is 0 Å². The number of rotatable bonds is 6. The van der Waals surface area contributed by atoms with Crippen molar-refractivity contribution in [2.45, 2.75) is 56.2 Å². The van der Waals surface area contributed by atoms with E-state index >= 15 is 0 Å². The fourth-order valence-corrected chi connectivity index (χ4v) is 7.39. The second-order valence-electron chi connectivity index (χ2n) is 11.6. The molecule has 8 nitrogen and oxygen atoms in total. The molecule has 1 aliphatic heterocycles. The highest BCUT2D eigenvalue weighted by Crippen LogP contribution is 2.47. The van der Waals surface area contributed by atoms with Crippen LogP contribution in [0.4, 0.5) is 18.9 Å². The van der Waals surface area contributed by atoms with Crippen LogP contribution in [0.3, 0.4) is 0 Å². The Morgan fingerprint density at radius 3 is 2.35 bits per heavy atom. The monoisotopic (exact) mass is 612 g/mol. The van der Waals surface area contributed by atoms with Gasteiger partial charge in [0.2, 0.25) is 11.8 Å². The summed E-state index contributed by atoms with van der Waals surface area (Å²) in [6, 6.07) is 14.5. The van der Waals surface area contributed by atoms with E-state index in [1.54, 1.807) is 12.1 Å². The lowest BCUT2D eigenvalue weighted by molar-refractivity contribution is -0.137. The molecule has 2 aliphatic carbocycles. The molecule has 0 bridgehead atoms. The summed E-state index contributed by atoms with van der Waals surface area (Å²) in [6.45, 7) is 0.530. The molecule has 0 radical (unpaired) electrons. The van der Waals surface area contributed by atoms with Crippen LogP contribution in [0.15, 0.2) is 52.9 Å². The number of sulfone groups is 1. The summed E-state index contributed by atoms with van der Waals surface area (Å²) in [7, 11) is -3.16. The Hall–Kier alpha value is -3.85. The standard InChI is InChI=1S/C31H31F3N4O4S/c32-31(33,34)24-11-5-3-9-22(24)29-36-26(23-10-4-6-12-25(23)38-15-17-43(40,41)18-16-38)27(42-29)20-7-1-2-8-21(20)28(39)37-30(19-35)13-14-30/h3-6,9-12,20-21H,1-2,7-8,13-18H2,(H,37,39)/t20-,21-/m1/s1. The number of oxazole rings is 1. The number of carbonyl (C=O) groups excluding carboxylic acids is 1. The average Bonchev–Trinajstić information content (AvgIpc) is 3.63. The lowest BCUT2D eigenvalue weighted by Crippen LogP contribution is -2.42. The van der Waals surface area contributed by atoms with E-state index in [2.05, 4.69) is 16.4 Å². The predicted octanol–water partition coefficient (Wildman–Crippen LogP) is 5.71. The molecule has 1 aromatic heterocycles. The first-order chi connectivity index (χ1) is 20.5. The highest BCUT2D eigenvalue weighted by atomic mass is 32.2. The van der Waals surface area contributed by atoms with E-state index in [-0.39, 0.29) is 42.0 Å². The van der Waals surface area contributed by atoms with Crippen LogP contribution >= 0.6 is 0 Å². The minimum Gasteiger partial charge on any atom is -0.440 e. The van der Waals surface area contributed by atoms with Gasteiger partial charge in [-0.15, -0.1) is 0 Å². The number of amides is 1. The van der Waals surface area contributed by atoms with Crippen molar-refractivity contribution in [3.63, 3.8) is 0 Å². The van der Waals surface area contributed by atoms with Gasteiger partial charge in [-0.05, 0) is 43.9 Å². The van der Waals surface area contributed by atoms with Gasteiger partial charge in [-0.3, -0.25) is 4.79 Å². The number of alkyl halides is 3. The summed E-state index contributed by atoms with van der Waals surface area (Å²) in [6.07, 6.45) is -0.804. The maximum absolute atomic E-state index is 14.0. The largest absolute Gasteiger partial charge is 0.440 e. The topological polar surface area (TPSA) is 116 Å². The molecule has 3 fully saturated rings. The minimum atomic E-state index is -4.65. The van der Waals surface area contributed by atoms with Gasteiger partial charge in [-0.2, -0.15) is 18.4 Å². The van der Waals surface area contributed by atoms with E-state index in [1.165, 1.54) is 18.2 Å². The minimum absolute atomic E-state index is 0.0112. The van der Waals surface area contributed by atoms with Crippen molar-refractivity contribution in [2.75, 3.05) is 29.5 Å². The zero-order valence-electron chi connectivity index (χ0n) is 23.4. The number of carbonyl (C=O) groups is 1. The van der Waals surface area contributed by atoms with Crippen LogP contribution < -0.4 is 10.2 Å². The van der Waals surface area contributed by atoms with Gasteiger partial charge < -0.3 is 14.6 Å². The number of nitriles is 1. The molecule has 6 rings (SSSR count). The second kappa shape index (κ2) is 11.0. The quantitative estimate of drug-likeness (QED) is 0.379. The zero-order valence-corrected chi connectivity index (χ0v) is 24.2. The number of para-hydroxylation sites is 1. The third-order valence-corrected chi connectivity index (χ3v) is 10.3. The van der Waals surface area contributed by atoms with Crippen molar-refractivity contribution in [3.8, 4) is 28.8 Å². The van der Waals surface area contributed by atoms with Crippen LogP contribution in [0.2, 0.25) is 0 Å². The van der Waals surface area contributed by atoms with E-state index in [0.717, 1.165) is 18.9 Å². The maximum Gasteiger partial charge on any atom is 0.417 e.